The summed E-state index contributed by atoms with van der Waals surface area (Å²) in [5.41, 5.74) is 3.30. The fraction of sp³-hybridized carbons (Fsp3) is 0.317. The lowest BCUT2D eigenvalue weighted by atomic mass is 9.76. The molecule has 0 saturated carbocycles. The first-order valence-corrected chi connectivity index (χ1v) is 18.8. The number of carbonyl (C=O) groups excluding carboxylic acids is 3. The van der Waals surface area contributed by atoms with Gasteiger partial charge in [0.2, 0.25) is 6.04 Å². The van der Waals surface area contributed by atoms with Gasteiger partial charge in [-0.25, -0.2) is 0 Å². The van der Waals surface area contributed by atoms with E-state index in [1.165, 1.54) is 36.9 Å². The molecular formula is C41H43Cl3N6O5. The molecule has 0 aliphatic carbocycles. The fourth-order valence-corrected chi connectivity index (χ4v) is 6.52. The van der Waals surface area contributed by atoms with Crippen molar-refractivity contribution in [2.24, 2.45) is 15.3 Å². The SMILES string of the molecule is CCC(C)(C)c1ccc(OCC(=O)Nc2ccc(C(=O)NC3=NN(c4c(Cl)cc(Cl)cc4Cl)C(=O)[C@@H]3N=Nc3ccc(OC)cc3)cc2)c(C(C)(C)CC)c1. The molecule has 288 valence electrons. The number of amides is 3. The summed E-state index contributed by atoms with van der Waals surface area (Å²) in [6.45, 7) is 12.9. The highest BCUT2D eigenvalue weighted by atomic mass is 35.5. The van der Waals surface area contributed by atoms with Crippen molar-refractivity contribution >= 4 is 75.4 Å². The maximum atomic E-state index is 13.7. The third-order valence-electron chi connectivity index (χ3n) is 9.75. The minimum atomic E-state index is -1.34. The van der Waals surface area contributed by atoms with Gasteiger partial charge in [0, 0.05) is 21.8 Å². The third-order valence-corrected chi connectivity index (χ3v) is 10.5. The molecule has 0 radical (unpaired) electrons. The molecule has 11 nitrogen and oxygen atoms in total. The Morgan fingerprint density at radius 1 is 0.855 bits per heavy atom. The van der Waals surface area contributed by atoms with Crippen LogP contribution in [0.2, 0.25) is 15.1 Å². The number of hydrogen-bond donors (Lipinski definition) is 2. The van der Waals surface area contributed by atoms with E-state index >= 15 is 0 Å². The summed E-state index contributed by atoms with van der Waals surface area (Å²) < 4.78 is 11.3. The van der Waals surface area contributed by atoms with E-state index in [9.17, 15) is 14.4 Å². The second-order valence-corrected chi connectivity index (χ2v) is 15.5. The number of methoxy groups -OCH3 is 1. The van der Waals surface area contributed by atoms with Crippen molar-refractivity contribution in [1.82, 2.24) is 5.32 Å². The number of hydrogen-bond acceptors (Lipinski definition) is 8. The van der Waals surface area contributed by atoms with Crippen LogP contribution in [-0.2, 0) is 20.4 Å². The van der Waals surface area contributed by atoms with Crippen LogP contribution in [0, 0.1) is 0 Å². The molecule has 1 aliphatic heterocycles. The molecule has 2 N–H and O–H groups in total. The zero-order valence-electron chi connectivity index (χ0n) is 31.7. The van der Waals surface area contributed by atoms with Crippen LogP contribution in [-0.4, -0.2) is 43.3 Å². The smallest absolute Gasteiger partial charge is 0.282 e. The predicted octanol–water partition coefficient (Wildman–Crippen LogP) is 10.3. The topological polar surface area (TPSA) is 134 Å². The first kappa shape index (κ1) is 41.2. The first-order valence-electron chi connectivity index (χ1n) is 17.7. The molecule has 0 saturated heterocycles. The Bertz CT molecular complexity index is 2110. The zero-order chi connectivity index (χ0) is 40.1. The summed E-state index contributed by atoms with van der Waals surface area (Å²) in [6.07, 6.45) is 1.88. The number of ether oxygens (including phenoxy) is 2. The van der Waals surface area contributed by atoms with Gasteiger partial charge in [0.05, 0.1) is 22.8 Å². The highest BCUT2D eigenvalue weighted by Gasteiger charge is 2.40. The van der Waals surface area contributed by atoms with E-state index in [4.69, 9.17) is 44.3 Å². The molecule has 55 heavy (non-hydrogen) atoms. The van der Waals surface area contributed by atoms with Gasteiger partial charge in [0.15, 0.2) is 12.4 Å². The number of anilines is 2. The number of hydrazone groups is 1. The summed E-state index contributed by atoms with van der Waals surface area (Å²) >= 11 is 18.9. The largest absolute Gasteiger partial charge is 0.497 e. The number of benzene rings is 4. The Balaban J connectivity index is 1.30. The van der Waals surface area contributed by atoms with Crippen LogP contribution in [0.15, 0.2) is 94.2 Å². The number of carbonyl (C=O) groups is 3. The van der Waals surface area contributed by atoms with Gasteiger partial charge in [-0.2, -0.15) is 15.2 Å². The van der Waals surface area contributed by atoms with E-state index in [0.29, 0.717) is 22.9 Å². The summed E-state index contributed by atoms with van der Waals surface area (Å²) in [5.74, 6) is -0.443. The number of amidine groups is 1. The lowest BCUT2D eigenvalue weighted by Gasteiger charge is -2.30. The van der Waals surface area contributed by atoms with Gasteiger partial charge in [0.1, 0.15) is 17.2 Å². The van der Waals surface area contributed by atoms with E-state index < -0.39 is 17.9 Å². The van der Waals surface area contributed by atoms with Gasteiger partial charge >= 0.3 is 0 Å². The fourth-order valence-electron chi connectivity index (χ4n) is 5.55. The number of azo groups is 1. The van der Waals surface area contributed by atoms with Crippen LogP contribution in [0.1, 0.15) is 75.9 Å². The second-order valence-electron chi connectivity index (χ2n) is 14.2. The molecule has 0 aromatic heterocycles. The number of rotatable bonds is 13. The summed E-state index contributed by atoms with van der Waals surface area (Å²) in [7, 11) is 1.54. The Morgan fingerprint density at radius 3 is 2.09 bits per heavy atom. The average Bonchev–Trinajstić information content (AvgIpc) is 3.45. The van der Waals surface area contributed by atoms with E-state index in [1.807, 2.05) is 6.07 Å². The molecular weight excluding hydrogens is 763 g/mol. The standard InChI is InChI=1S/C41H43Cl3N6O5/c1-8-40(3,4)25-12-19-33(30(20-25)41(5,6)9-2)55-23-34(51)45-27-13-10-24(11-14-27)38(52)46-37-35(48-47-28-15-17-29(54-7)18-16-28)39(53)50(49-37)36-31(43)21-26(42)22-32(36)44/h10-22,35H,8-9,23H2,1-7H3,(H,45,51)(H,46,49,52)/t35-/m1/s1. The van der Waals surface area contributed by atoms with Gasteiger partial charge in [-0.15, -0.1) is 5.10 Å². The second kappa shape index (κ2) is 17.2. The Morgan fingerprint density at radius 2 is 1.49 bits per heavy atom. The molecule has 3 amide bonds. The van der Waals surface area contributed by atoms with Crippen molar-refractivity contribution in [3.8, 4) is 11.5 Å². The maximum absolute atomic E-state index is 13.7. The Kier molecular flexibility index (Phi) is 12.9. The predicted molar refractivity (Wildman–Crippen MR) is 219 cm³/mol. The van der Waals surface area contributed by atoms with Gasteiger partial charge in [-0.05, 0) is 96.0 Å². The highest BCUT2D eigenvalue weighted by molar-refractivity contribution is 6.43. The molecule has 0 unspecified atom stereocenters. The molecule has 14 heteroatoms. The van der Waals surface area contributed by atoms with E-state index in [1.54, 1.807) is 36.4 Å². The minimum Gasteiger partial charge on any atom is -0.497 e. The van der Waals surface area contributed by atoms with Crippen LogP contribution in [0.25, 0.3) is 0 Å². The number of halogens is 3. The van der Waals surface area contributed by atoms with Crippen molar-refractivity contribution < 1.29 is 23.9 Å². The Hall–Kier alpha value is -4.97. The maximum Gasteiger partial charge on any atom is 0.282 e. The summed E-state index contributed by atoms with van der Waals surface area (Å²) in [5, 5.41) is 19.6. The normalized spacial score (nSPS) is 14.6. The molecule has 0 fully saturated rings. The van der Waals surface area contributed by atoms with E-state index in [-0.39, 0.29) is 55.5 Å². The van der Waals surface area contributed by atoms with Crippen LogP contribution < -0.4 is 25.1 Å². The van der Waals surface area contributed by atoms with E-state index in [2.05, 4.69) is 79.6 Å². The molecule has 1 aliphatic rings. The molecule has 0 bridgehead atoms. The van der Waals surface area contributed by atoms with Crippen molar-refractivity contribution in [3.05, 3.63) is 111 Å². The molecule has 5 rings (SSSR count). The van der Waals surface area contributed by atoms with Crippen molar-refractivity contribution in [2.45, 2.75) is 71.3 Å². The third kappa shape index (κ3) is 9.65. The molecule has 1 heterocycles. The lowest BCUT2D eigenvalue weighted by molar-refractivity contribution is -0.118. The first-order chi connectivity index (χ1) is 26.1. The number of nitrogens with one attached hydrogen (secondary N) is 2. The molecule has 0 spiro atoms. The average molecular weight is 806 g/mol. The monoisotopic (exact) mass is 804 g/mol. The van der Waals surface area contributed by atoms with Crippen LogP contribution in [0.3, 0.4) is 0 Å². The van der Waals surface area contributed by atoms with Crippen LogP contribution in [0.4, 0.5) is 17.1 Å². The van der Waals surface area contributed by atoms with Gasteiger partial charge in [-0.1, -0.05) is 88.5 Å². The summed E-state index contributed by atoms with van der Waals surface area (Å²) in [6, 6.07) is 20.6. The Labute approximate surface area is 336 Å². The minimum absolute atomic E-state index is 0.00455. The van der Waals surface area contributed by atoms with Crippen molar-refractivity contribution in [3.63, 3.8) is 0 Å². The van der Waals surface area contributed by atoms with Gasteiger partial charge in [-0.3, -0.25) is 14.4 Å². The van der Waals surface area contributed by atoms with Gasteiger partial charge in [0.25, 0.3) is 17.7 Å². The molecule has 1 atom stereocenters. The van der Waals surface area contributed by atoms with Gasteiger partial charge < -0.3 is 20.1 Å². The number of nitrogens with zero attached hydrogens (tertiary/aromatic N) is 4. The molecule has 4 aromatic rings. The molecule has 4 aromatic carbocycles. The van der Waals surface area contributed by atoms with Crippen molar-refractivity contribution in [2.75, 3.05) is 24.0 Å². The van der Waals surface area contributed by atoms with Crippen molar-refractivity contribution in [1.29, 1.82) is 0 Å². The summed E-state index contributed by atoms with van der Waals surface area (Å²) in [4.78, 5) is 40.1. The zero-order valence-corrected chi connectivity index (χ0v) is 33.9. The highest BCUT2D eigenvalue weighted by Crippen LogP contribution is 2.40. The lowest BCUT2D eigenvalue weighted by Crippen LogP contribution is -2.39. The van der Waals surface area contributed by atoms with Crippen LogP contribution in [0.5, 0.6) is 11.5 Å². The van der Waals surface area contributed by atoms with Crippen LogP contribution >= 0.6 is 34.8 Å². The van der Waals surface area contributed by atoms with E-state index in [0.717, 1.165) is 23.4 Å². The quantitative estimate of drug-likeness (QED) is 0.130.